The van der Waals surface area contributed by atoms with Crippen LogP contribution < -0.4 is 0 Å². The van der Waals surface area contributed by atoms with E-state index < -0.39 is 4.69 Å². The zero-order chi connectivity index (χ0) is 33.5. The van der Waals surface area contributed by atoms with E-state index >= 15 is 0 Å². The summed E-state index contributed by atoms with van der Waals surface area (Å²) in [5, 5.41) is 16.6. The van der Waals surface area contributed by atoms with E-state index in [0.29, 0.717) is 35.5 Å². The molecule has 3 rings (SSSR count). The molecule has 0 aromatic carbocycles. The Morgan fingerprint density at radius 1 is 0.556 bits per heavy atom. The van der Waals surface area contributed by atoms with Gasteiger partial charge in [0.15, 0.2) is 0 Å². The Morgan fingerprint density at radius 2 is 0.844 bits per heavy atom. The van der Waals surface area contributed by atoms with Gasteiger partial charge in [0, 0.05) is 0 Å². The van der Waals surface area contributed by atoms with E-state index in [1.165, 1.54) is 17.1 Å². The number of hydrogen-bond acceptors (Lipinski definition) is 3. The molecule has 0 aliphatic heterocycles. The minimum atomic E-state index is -0.804. The number of aromatic nitrogens is 6. The zero-order valence-electron chi connectivity index (χ0n) is 30.4. The number of allylic oxidation sites excluding steroid dienone is 2. The number of nitrogens with zero attached hydrogens (tertiary/aromatic N) is 6. The van der Waals surface area contributed by atoms with E-state index in [1.54, 1.807) is 0 Å². The molecule has 0 saturated carbocycles. The van der Waals surface area contributed by atoms with E-state index in [4.69, 9.17) is 15.3 Å². The molecule has 3 aromatic rings. The minimum absolute atomic E-state index is 0.244. The van der Waals surface area contributed by atoms with Crippen LogP contribution in [0.2, 0.25) is 0 Å². The van der Waals surface area contributed by atoms with Gasteiger partial charge in [-0.1, -0.05) is 0 Å². The molecule has 0 radical (unpaired) electrons. The predicted molar refractivity (Wildman–Crippen MR) is 186 cm³/mol. The molecule has 6 nitrogen and oxygen atoms in total. The average molecular weight is 658 g/mol. The van der Waals surface area contributed by atoms with Gasteiger partial charge in [0.25, 0.3) is 0 Å². The van der Waals surface area contributed by atoms with Crippen LogP contribution in [-0.2, 0) is 58.2 Å². The Morgan fingerprint density at radius 3 is 1.09 bits per heavy atom. The molecule has 0 bridgehead atoms. The van der Waals surface area contributed by atoms with Crippen LogP contribution >= 0.6 is 0 Å². The van der Waals surface area contributed by atoms with E-state index in [1.807, 2.05) is 6.08 Å². The van der Waals surface area contributed by atoms with Gasteiger partial charge >= 0.3 is 282 Å². The Bertz CT molecular complexity index is 1230. The number of rotatable bonds is 18. The van der Waals surface area contributed by atoms with Crippen molar-refractivity contribution >= 4 is 0 Å². The Kier molecular flexibility index (Phi) is 13.6. The third kappa shape index (κ3) is 9.81. The van der Waals surface area contributed by atoms with Crippen molar-refractivity contribution in [1.29, 1.82) is 0 Å². The normalized spacial score (nSPS) is 12.9. The molecule has 0 unspecified atom stereocenters. The van der Waals surface area contributed by atoms with Crippen LogP contribution in [0, 0.1) is 35.5 Å². The first-order valence-corrected chi connectivity index (χ1v) is 18.6. The van der Waals surface area contributed by atoms with Crippen molar-refractivity contribution in [2.24, 2.45) is 35.5 Å². The van der Waals surface area contributed by atoms with Crippen LogP contribution in [0.5, 0.6) is 0 Å². The first-order chi connectivity index (χ1) is 21.2. The van der Waals surface area contributed by atoms with Gasteiger partial charge in [0.05, 0.1) is 0 Å². The van der Waals surface area contributed by atoms with Gasteiger partial charge in [-0.3, -0.25) is 0 Å². The molecule has 3 heterocycles. The van der Waals surface area contributed by atoms with Crippen molar-refractivity contribution in [2.75, 3.05) is 0 Å². The molecule has 251 valence electrons. The Balaban J connectivity index is 2.58. The van der Waals surface area contributed by atoms with Crippen molar-refractivity contribution in [2.45, 2.75) is 126 Å². The summed E-state index contributed by atoms with van der Waals surface area (Å²) in [6.07, 6.45) is 9.57. The van der Waals surface area contributed by atoms with Crippen molar-refractivity contribution in [1.82, 2.24) is 29.3 Å². The van der Waals surface area contributed by atoms with Crippen LogP contribution in [0.4, 0.5) is 0 Å². The third-order valence-corrected chi connectivity index (χ3v) is 9.06. The second-order valence-electron chi connectivity index (χ2n) is 15.4. The Labute approximate surface area is 281 Å². The monoisotopic (exact) mass is 657 g/mol. The molecule has 0 amide bonds. The van der Waals surface area contributed by atoms with Crippen molar-refractivity contribution < 1.29 is 15.0 Å². The summed E-state index contributed by atoms with van der Waals surface area (Å²) in [6.45, 7) is 31.5. The fourth-order valence-electron chi connectivity index (χ4n) is 5.99. The van der Waals surface area contributed by atoms with Crippen LogP contribution in [0.15, 0.2) is 41.9 Å². The van der Waals surface area contributed by atoms with E-state index in [-0.39, 0.29) is 15.0 Å². The summed E-state index contributed by atoms with van der Waals surface area (Å²) >= 11 is 0.244. The summed E-state index contributed by atoms with van der Waals surface area (Å²) in [7, 11) is 0. The zero-order valence-corrected chi connectivity index (χ0v) is 31.6. The summed E-state index contributed by atoms with van der Waals surface area (Å²) in [6, 6.07) is 7.08. The summed E-state index contributed by atoms with van der Waals surface area (Å²) in [4.78, 5) is 2.27. The van der Waals surface area contributed by atoms with Crippen LogP contribution in [0.25, 0.3) is 0 Å². The third-order valence-electron chi connectivity index (χ3n) is 7.43. The molecule has 0 atom stereocenters. The summed E-state index contributed by atoms with van der Waals surface area (Å²) in [5.74, 6) is 2.96. The molecule has 0 aliphatic carbocycles. The molecule has 45 heavy (non-hydrogen) atoms. The molecule has 0 saturated heterocycles. The standard InChI is InChI=1S/C34H57N6.C4H5.Mn/c1-22(2)13-28-19-31(16-25(7)8)38(35-28)34(39-32(17-26(9)10)20-29(36-39)14-23(3)4)40-33(18-27(11)12)21-30(37-40)15-24(5)6;1-3-4-2;/h19-27H,13-18H2,1-12H3;1,3-4H,2H2;. The van der Waals surface area contributed by atoms with Gasteiger partial charge in [-0.2, -0.15) is 0 Å². The molecular formula is C38H62MnN6. The van der Waals surface area contributed by atoms with Crippen LogP contribution in [0.3, 0.4) is 0 Å². The van der Waals surface area contributed by atoms with Gasteiger partial charge < -0.3 is 0 Å². The fourth-order valence-corrected chi connectivity index (χ4v) is 7.65. The van der Waals surface area contributed by atoms with Gasteiger partial charge in [-0.05, 0) is 0 Å². The molecule has 7 heteroatoms. The predicted octanol–water partition coefficient (Wildman–Crippen LogP) is 8.91. The van der Waals surface area contributed by atoms with Gasteiger partial charge in [-0.15, -0.1) is 0 Å². The topological polar surface area (TPSA) is 53.5 Å². The SMILES string of the molecule is C=CC=[CH][Mn][C](n1nc(CC(C)C)cc1CC(C)C)(n1nc(CC(C)C)cc1CC(C)C)n1nc(CC(C)C)cc1CC(C)C. The van der Waals surface area contributed by atoms with Crippen LogP contribution in [0.1, 0.15) is 117 Å². The second kappa shape index (κ2) is 16.5. The molecule has 0 spiro atoms. The molecule has 0 fully saturated rings. The average Bonchev–Trinajstić information content (AvgIpc) is 3.58. The Hall–Kier alpha value is -2.37. The molecule has 0 N–H and O–H groups in total. The maximum atomic E-state index is 5.53. The molecular weight excluding hydrogens is 595 g/mol. The van der Waals surface area contributed by atoms with Crippen molar-refractivity contribution in [3.63, 3.8) is 0 Å². The van der Waals surface area contributed by atoms with E-state index in [9.17, 15) is 0 Å². The summed E-state index contributed by atoms with van der Waals surface area (Å²) < 4.78 is 6.21. The van der Waals surface area contributed by atoms with E-state index in [2.05, 4.69) is 133 Å². The van der Waals surface area contributed by atoms with Gasteiger partial charge in [0.2, 0.25) is 0 Å². The molecule has 0 aliphatic rings. The first-order valence-electron chi connectivity index (χ1n) is 17.3. The van der Waals surface area contributed by atoms with Crippen molar-refractivity contribution in [3.8, 4) is 0 Å². The molecule has 3 aromatic heterocycles. The maximum absolute atomic E-state index is 5.53. The van der Waals surface area contributed by atoms with Gasteiger partial charge in [-0.25, -0.2) is 0 Å². The van der Waals surface area contributed by atoms with Gasteiger partial charge in [0.1, 0.15) is 0 Å². The fraction of sp³-hybridized carbons (Fsp3) is 0.658. The number of hydrogen-bond donors (Lipinski definition) is 0. The van der Waals surface area contributed by atoms with Crippen LogP contribution in [-0.4, -0.2) is 29.3 Å². The first kappa shape index (κ1) is 37.1. The van der Waals surface area contributed by atoms with E-state index in [0.717, 1.165) is 55.6 Å². The van der Waals surface area contributed by atoms with Crippen molar-refractivity contribution in [3.05, 3.63) is 76.1 Å². The summed E-state index contributed by atoms with van der Waals surface area (Å²) in [5.41, 5.74) is 7.16. The second-order valence-corrected chi connectivity index (χ2v) is 16.9. The quantitative estimate of drug-likeness (QED) is 0.101.